The maximum atomic E-state index is 12.9. The van der Waals surface area contributed by atoms with E-state index in [4.69, 9.17) is 4.42 Å². The minimum Gasteiger partial charge on any atom is -0.463 e. The molecule has 0 saturated heterocycles. The molecule has 5 nitrogen and oxygen atoms in total. The van der Waals surface area contributed by atoms with Crippen LogP contribution < -0.4 is 5.43 Å². The van der Waals surface area contributed by atoms with Gasteiger partial charge < -0.3 is 4.42 Å². The van der Waals surface area contributed by atoms with Crippen molar-refractivity contribution >= 4 is 54.6 Å². The van der Waals surface area contributed by atoms with Gasteiger partial charge in [-0.3, -0.25) is 9.69 Å². The smallest absolute Gasteiger partial charge is 0.197 e. The summed E-state index contributed by atoms with van der Waals surface area (Å²) in [5.74, 6) is 0. The van der Waals surface area contributed by atoms with Gasteiger partial charge in [0.1, 0.15) is 0 Å². The zero-order valence-electron chi connectivity index (χ0n) is 14.0. The Morgan fingerprint density at radius 1 is 1.35 bits per heavy atom. The van der Waals surface area contributed by atoms with Gasteiger partial charge in [0.2, 0.25) is 0 Å². The molecule has 1 aliphatic rings. The number of benzene rings is 1. The van der Waals surface area contributed by atoms with Crippen LogP contribution in [0.2, 0.25) is 0 Å². The second-order valence-corrected chi connectivity index (χ2v) is 8.69. The predicted octanol–water partition coefficient (Wildman–Crippen LogP) is 4.39. The minimum atomic E-state index is 0.00743. The van der Waals surface area contributed by atoms with Crippen LogP contribution in [0.5, 0.6) is 0 Å². The molecule has 1 aromatic carbocycles. The number of thioether (sulfide) groups is 1. The van der Waals surface area contributed by atoms with Gasteiger partial charge in [-0.15, -0.1) is 0 Å². The number of aromatic nitrogens is 2. The molecule has 0 fully saturated rings. The fourth-order valence-corrected chi connectivity index (χ4v) is 4.82. The molecule has 4 rings (SSSR count). The van der Waals surface area contributed by atoms with E-state index in [0.29, 0.717) is 23.1 Å². The average Bonchev–Trinajstić information content (AvgIpc) is 2.64. The molecular formula is C18H15Br2N3O2S. The lowest BCUT2D eigenvalue weighted by atomic mass is 10.1. The summed E-state index contributed by atoms with van der Waals surface area (Å²) in [6.07, 6.45) is 6.32. The molecular weight excluding hydrogens is 482 g/mol. The third kappa shape index (κ3) is 3.47. The quantitative estimate of drug-likeness (QED) is 0.396. The van der Waals surface area contributed by atoms with Gasteiger partial charge in [0.25, 0.3) is 0 Å². The Labute approximate surface area is 171 Å². The first-order chi connectivity index (χ1) is 12.5. The van der Waals surface area contributed by atoms with E-state index in [-0.39, 0.29) is 5.43 Å². The second kappa shape index (κ2) is 7.42. The minimum absolute atomic E-state index is 0.00743. The maximum Gasteiger partial charge on any atom is 0.197 e. The van der Waals surface area contributed by atoms with Crippen molar-refractivity contribution in [2.24, 2.45) is 0 Å². The SMILES string of the molecule is CSc1ncc2c(n1)CCN(Cc1coc3c(Br)cc(Br)cc3c1=O)C2. The van der Waals surface area contributed by atoms with Crippen LogP contribution in [-0.2, 0) is 19.5 Å². The van der Waals surface area contributed by atoms with E-state index in [2.05, 4.69) is 46.7 Å². The van der Waals surface area contributed by atoms with Crippen molar-refractivity contribution in [3.63, 3.8) is 0 Å². The van der Waals surface area contributed by atoms with Gasteiger partial charge in [0, 0.05) is 47.9 Å². The molecule has 0 atom stereocenters. The molecule has 134 valence electrons. The topological polar surface area (TPSA) is 59.2 Å². The highest BCUT2D eigenvalue weighted by atomic mass is 79.9. The number of rotatable bonds is 3. The van der Waals surface area contributed by atoms with E-state index in [1.807, 2.05) is 18.5 Å². The van der Waals surface area contributed by atoms with Crippen LogP contribution in [0.25, 0.3) is 11.0 Å². The highest BCUT2D eigenvalue weighted by Gasteiger charge is 2.20. The van der Waals surface area contributed by atoms with Crippen LogP contribution in [0.3, 0.4) is 0 Å². The van der Waals surface area contributed by atoms with E-state index in [1.165, 1.54) is 0 Å². The first kappa shape index (κ1) is 18.2. The first-order valence-electron chi connectivity index (χ1n) is 8.05. The molecule has 0 saturated carbocycles. The third-order valence-electron chi connectivity index (χ3n) is 4.43. The number of nitrogens with zero attached hydrogens (tertiary/aromatic N) is 3. The van der Waals surface area contributed by atoms with Gasteiger partial charge in [0.15, 0.2) is 16.2 Å². The maximum absolute atomic E-state index is 12.9. The summed E-state index contributed by atoms with van der Waals surface area (Å²) >= 11 is 8.43. The summed E-state index contributed by atoms with van der Waals surface area (Å²) in [5.41, 5.74) is 3.48. The largest absolute Gasteiger partial charge is 0.463 e. The molecule has 8 heteroatoms. The highest BCUT2D eigenvalue weighted by molar-refractivity contribution is 9.11. The zero-order valence-corrected chi connectivity index (χ0v) is 17.9. The fraction of sp³-hybridized carbons (Fsp3) is 0.278. The normalized spacial score (nSPS) is 14.6. The van der Waals surface area contributed by atoms with Crippen molar-refractivity contribution in [1.82, 2.24) is 14.9 Å². The Bertz CT molecular complexity index is 1050. The van der Waals surface area contributed by atoms with Crippen molar-refractivity contribution in [3.05, 3.63) is 60.6 Å². The van der Waals surface area contributed by atoms with Gasteiger partial charge in [-0.25, -0.2) is 9.97 Å². The summed E-state index contributed by atoms with van der Waals surface area (Å²) in [5, 5.41) is 1.39. The lowest BCUT2D eigenvalue weighted by Gasteiger charge is -2.27. The lowest BCUT2D eigenvalue weighted by Crippen LogP contribution is -2.32. The Morgan fingerprint density at radius 3 is 3.00 bits per heavy atom. The number of halogens is 2. The molecule has 0 amide bonds. The van der Waals surface area contributed by atoms with Gasteiger partial charge in [-0.1, -0.05) is 27.7 Å². The zero-order chi connectivity index (χ0) is 18.3. The summed E-state index contributed by atoms with van der Waals surface area (Å²) in [4.78, 5) is 24.1. The Morgan fingerprint density at radius 2 is 2.19 bits per heavy atom. The average molecular weight is 497 g/mol. The number of hydrogen-bond donors (Lipinski definition) is 0. The van der Waals surface area contributed by atoms with Crippen LogP contribution in [0, 0.1) is 0 Å². The van der Waals surface area contributed by atoms with Crippen LogP contribution >= 0.6 is 43.6 Å². The van der Waals surface area contributed by atoms with Crippen molar-refractivity contribution in [2.75, 3.05) is 12.8 Å². The lowest BCUT2D eigenvalue weighted by molar-refractivity contribution is 0.240. The van der Waals surface area contributed by atoms with E-state index in [1.54, 1.807) is 24.1 Å². The number of hydrogen-bond acceptors (Lipinski definition) is 6. The summed E-state index contributed by atoms with van der Waals surface area (Å²) < 4.78 is 7.33. The molecule has 26 heavy (non-hydrogen) atoms. The standard InChI is InChI=1S/C18H15Br2N3O2S/c1-26-18-21-6-10-7-23(3-2-15(10)22-18)8-11-9-25-17-13(16(11)24)4-12(19)5-14(17)20/h4-6,9H,2-3,7-8H2,1H3. The van der Waals surface area contributed by atoms with E-state index < -0.39 is 0 Å². The van der Waals surface area contributed by atoms with Crippen LogP contribution in [-0.4, -0.2) is 27.7 Å². The fourth-order valence-electron chi connectivity index (χ4n) is 3.14. The molecule has 0 radical (unpaired) electrons. The summed E-state index contributed by atoms with van der Waals surface area (Å²) in [6, 6.07) is 3.67. The number of fused-ring (bicyclic) bond motifs is 2. The van der Waals surface area contributed by atoms with E-state index in [9.17, 15) is 4.79 Å². The Hall–Kier alpha value is -1.22. The van der Waals surface area contributed by atoms with Crippen LogP contribution in [0.4, 0.5) is 0 Å². The van der Waals surface area contributed by atoms with Crippen LogP contribution in [0.15, 0.2) is 47.9 Å². The Balaban J connectivity index is 1.62. The summed E-state index contributed by atoms with van der Waals surface area (Å²) in [6.45, 7) is 2.15. The van der Waals surface area contributed by atoms with Gasteiger partial charge in [-0.05, 0) is 34.3 Å². The highest BCUT2D eigenvalue weighted by Crippen LogP contribution is 2.27. The van der Waals surface area contributed by atoms with Crippen molar-refractivity contribution in [2.45, 2.75) is 24.7 Å². The molecule has 3 heterocycles. The van der Waals surface area contributed by atoms with E-state index >= 15 is 0 Å². The predicted molar refractivity (Wildman–Crippen MR) is 110 cm³/mol. The molecule has 0 aliphatic carbocycles. The first-order valence-corrected chi connectivity index (χ1v) is 10.9. The summed E-state index contributed by atoms with van der Waals surface area (Å²) in [7, 11) is 0. The Kier molecular flexibility index (Phi) is 5.18. The van der Waals surface area contributed by atoms with Crippen LogP contribution in [0.1, 0.15) is 16.8 Å². The molecule has 3 aromatic rings. The molecule has 2 aromatic heterocycles. The van der Waals surface area contributed by atoms with Gasteiger partial charge >= 0.3 is 0 Å². The van der Waals surface area contributed by atoms with Crippen molar-refractivity contribution < 1.29 is 4.42 Å². The molecule has 0 spiro atoms. The van der Waals surface area contributed by atoms with Gasteiger partial charge in [0.05, 0.1) is 21.8 Å². The molecule has 0 bridgehead atoms. The van der Waals surface area contributed by atoms with Crippen molar-refractivity contribution in [3.8, 4) is 0 Å². The molecule has 1 aliphatic heterocycles. The van der Waals surface area contributed by atoms with Crippen molar-refractivity contribution in [1.29, 1.82) is 0 Å². The third-order valence-corrected chi connectivity index (χ3v) is 6.04. The monoisotopic (exact) mass is 495 g/mol. The second-order valence-electron chi connectivity index (χ2n) is 6.14. The molecule has 0 unspecified atom stereocenters. The van der Waals surface area contributed by atoms with E-state index in [0.717, 1.165) is 44.9 Å². The van der Waals surface area contributed by atoms with Gasteiger partial charge in [-0.2, -0.15) is 0 Å². The molecule has 0 N–H and O–H groups in total.